The maximum absolute atomic E-state index is 14.0. The van der Waals surface area contributed by atoms with Crippen LogP contribution in [0.2, 0.25) is 5.02 Å². The molecule has 2 atom stereocenters. The van der Waals surface area contributed by atoms with Gasteiger partial charge in [0.25, 0.3) is 11.8 Å². The van der Waals surface area contributed by atoms with Gasteiger partial charge in [0, 0.05) is 35.5 Å². The van der Waals surface area contributed by atoms with E-state index in [2.05, 4.69) is 10.6 Å². The summed E-state index contributed by atoms with van der Waals surface area (Å²) in [6.45, 7) is 1.03. The molecule has 0 bridgehead atoms. The molecule has 10 heteroatoms. The SMILES string of the molecule is O=C(O)c1ccc(C(=O)N[C@@H](Cc2ccccc2)C(=O)N2C(=O)O[C@]3(CCNC3)c3cc(Cl)ccc32)cc1. The molecule has 5 rings (SSSR count). The lowest BCUT2D eigenvalue weighted by molar-refractivity contribution is -0.120. The number of nitrogens with zero attached hydrogens (tertiary/aromatic N) is 1. The number of carboxylic acids is 1. The molecular weight excluding hydrogens is 510 g/mol. The van der Waals surface area contributed by atoms with E-state index in [1.807, 2.05) is 30.3 Å². The first-order chi connectivity index (χ1) is 18.3. The summed E-state index contributed by atoms with van der Waals surface area (Å²) in [5.41, 5.74) is 1.02. The molecule has 3 N–H and O–H groups in total. The molecule has 3 amide bonds. The second-order valence-electron chi connectivity index (χ2n) is 9.22. The van der Waals surface area contributed by atoms with E-state index in [-0.39, 0.29) is 17.5 Å². The van der Waals surface area contributed by atoms with Crippen molar-refractivity contribution < 1.29 is 29.0 Å². The number of amides is 3. The Morgan fingerprint density at radius 2 is 1.76 bits per heavy atom. The van der Waals surface area contributed by atoms with Crippen molar-refractivity contribution in [1.82, 2.24) is 10.6 Å². The number of carbonyl (C=O) groups excluding carboxylic acids is 3. The van der Waals surface area contributed by atoms with Crippen molar-refractivity contribution in [1.29, 1.82) is 0 Å². The summed E-state index contributed by atoms with van der Waals surface area (Å²) in [6.07, 6.45) is -0.186. The van der Waals surface area contributed by atoms with Gasteiger partial charge in [-0.05, 0) is 54.6 Å². The van der Waals surface area contributed by atoms with Gasteiger partial charge in [-0.3, -0.25) is 9.59 Å². The van der Waals surface area contributed by atoms with Crippen molar-refractivity contribution in [3.8, 4) is 0 Å². The minimum Gasteiger partial charge on any atom is -0.478 e. The number of nitrogens with one attached hydrogen (secondary N) is 2. The van der Waals surface area contributed by atoms with Crippen molar-refractivity contribution in [2.75, 3.05) is 18.0 Å². The zero-order chi connectivity index (χ0) is 26.9. The quantitative estimate of drug-likeness (QED) is 0.440. The van der Waals surface area contributed by atoms with Gasteiger partial charge >= 0.3 is 12.1 Å². The summed E-state index contributed by atoms with van der Waals surface area (Å²) in [4.78, 5) is 52.5. The molecule has 3 aromatic carbocycles. The third kappa shape index (κ3) is 4.85. The van der Waals surface area contributed by atoms with Crippen LogP contribution in [0.25, 0.3) is 0 Å². The molecule has 0 unspecified atom stereocenters. The third-order valence-corrected chi connectivity index (χ3v) is 7.01. The monoisotopic (exact) mass is 533 g/mol. The molecule has 38 heavy (non-hydrogen) atoms. The van der Waals surface area contributed by atoms with Gasteiger partial charge in [-0.15, -0.1) is 0 Å². The lowest BCUT2D eigenvalue weighted by Crippen LogP contribution is -2.56. The second-order valence-corrected chi connectivity index (χ2v) is 9.66. The van der Waals surface area contributed by atoms with Crippen LogP contribution in [0.15, 0.2) is 72.8 Å². The maximum Gasteiger partial charge on any atom is 0.422 e. The van der Waals surface area contributed by atoms with E-state index in [9.17, 15) is 19.2 Å². The van der Waals surface area contributed by atoms with E-state index in [1.54, 1.807) is 18.2 Å². The van der Waals surface area contributed by atoms with Crippen molar-refractivity contribution in [3.63, 3.8) is 0 Å². The van der Waals surface area contributed by atoms with Gasteiger partial charge in [0.1, 0.15) is 6.04 Å². The smallest absolute Gasteiger partial charge is 0.422 e. The van der Waals surface area contributed by atoms with Crippen molar-refractivity contribution in [2.45, 2.75) is 24.5 Å². The molecule has 0 radical (unpaired) electrons. The van der Waals surface area contributed by atoms with Crippen LogP contribution in [-0.4, -0.2) is 48.1 Å². The highest BCUT2D eigenvalue weighted by Gasteiger charge is 2.49. The van der Waals surface area contributed by atoms with Crippen LogP contribution in [0, 0.1) is 0 Å². The molecular formula is C28H24ClN3O6. The fourth-order valence-corrected chi connectivity index (χ4v) is 5.01. The average Bonchev–Trinajstić information content (AvgIpc) is 3.38. The molecule has 9 nitrogen and oxygen atoms in total. The normalized spacial score (nSPS) is 19.0. The lowest BCUT2D eigenvalue weighted by Gasteiger charge is -2.40. The standard InChI is InChI=1S/C28H24ClN3O6/c29-20-10-11-23-21(15-20)28(12-13-30-16-28)38-27(37)32(23)25(34)22(14-17-4-2-1-3-5-17)31-24(33)18-6-8-19(9-7-18)26(35)36/h1-11,15,22,30H,12-14,16H2,(H,31,33)(H,35,36)/t22-,28-/m0/s1. The van der Waals surface area contributed by atoms with E-state index in [0.717, 1.165) is 10.5 Å². The van der Waals surface area contributed by atoms with Crippen LogP contribution in [-0.2, 0) is 21.6 Å². The Hall–Kier alpha value is -4.21. The fourth-order valence-electron chi connectivity index (χ4n) is 4.84. The first-order valence-electron chi connectivity index (χ1n) is 12.0. The van der Waals surface area contributed by atoms with Crippen LogP contribution in [0.1, 0.15) is 38.3 Å². The van der Waals surface area contributed by atoms with E-state index >= 15 is 0 Å². The molecule has 2 aliphatic rings. The highest BCUT2D eigenvalue weighted by atomic mass is 35.5. The molecule has 0 saturated carbocycles. The number of hydrogen-bond donors (Lipinski definition) is 3. The minimum absolute atomic E-state index is 0.0279. The van der Waals surface area contributed by atoms with E-state index in [4.69, 9.17) is 21.4 Å². The number of anilines is 1. The van der Waals surface area contributed by atoms with Gasteiger partial charge in [-0.1, -0.05) is 41.9 Å². The molecule has 0 aliphatic carbocycles. The highest BCUT2D eigenvalue weighted by Crippen LogP contribution is 2.44. The van der Waals surface area contributed by atoms with Crippen LogP contribution in [0.3, 0.4) is 0 Å². The van der Waals surface area contributed by atoms with Crippen molar-refractivity contribution >= 4 is 41.2 Å². The number of benzene rings is 3. The first kappa shape index (κ1) is 25.4. The number of ether oxygens (including phenoxy) is 1. The Balaban J connectivity index is 1.49. The molecule has 2 aliphatic heterocycles. The number of carbonyl (C=O) groups is 4. The Labute approximate surface area is 223 Å². The van der Waals surface area contributed by atoms with Crippen LogP contribution < -0.4 is 15.5 Å². The Kier molecular flexibility index (Phi) is 6.88. The summed E-state index contributed by atoms with van der Waals surface area (Å²) in [7, 11) is 0. The zero-order valence-corrected chi connectivity index (χ0v) is 20.9. The summed E-state index contributed by atoms with van der Waals surface area (Å²) in [5, 5.41) is 15.5. The van der Waals surface area contributed by atoms with Gasteiger partial charge in [-0.2, -0.15) is 0 Å². The molecule has 2 heterocycles. The maximum atomic E-state index is 14.0. The summed E-state index contributed by atoms with van der Waals surface area (Å²) in [5.74, 6) is -2.38. The van der Waals surface area contributed by atoms with Gasteiger partial charge < -0.3 is 20.5 Å². The molecule has 3 aromatic rings. The predicted molar refractivity (Wildman–Crippen MR) is 139 cm³/mol. The fraction of sp³-hybridized carbons (Fsp3) is 0.214. The first-order valence-corrected chi connectivity index (χ1v) is 12.4. The van der Waals surface area contributed by atoms with Crippen LogP contribution in [0.5, 0.6) is 0 Å². The van der Waals surface area contributed by atoms with Crippen LogP contribution in [0.4, 0.5) is 10.5 Å². The van der Waals surface area contributed by atoms with E-state index in [0.29, 0.717) is 35.8 Å². The Morgan fingerprint density at radius 3 is 2.42 bits per heavy atom. The minimum atomic E-state index is -1.13. The van der Waals surface area contributed by atoms with Gasteiger partial charge in [0.2, 0.25) is 0 Å². The van der Waals surface area contributed by atoms with Crippen LogP contribution >= 0.6 is 11.6 Å². The topological polar surface area (TPSA) is 125 Å². The van der Waals surface area contributed by atoms with Gasteiger partial charge in [0.05, 0.1) is 11.3 Å². The average molecular weight is 534 g/mol. The number of aromatic carboxylic acids is 1. The van der Waals surface area contributed by atoms with E-state index < -0.39 is 35.5 Å². The summed E-state index contributed by atoms with van der Waals surface area (Å²) < 4.78 is 5.85. The summed E-state index contributed by atoms with van der Waals surface area (Å²) in [6, 6.07) is 18.2. The Morgan fingerprint density at radius 1 is 1.05 bits per heavy atom. The number of carboxylic acid groups (broad SMARTS) is 1. The number of hydrogen-bond acceptors (Lipinski definition) is 6. The third-order valence-electron chi connectivity index (χ3n) is 6.77. The highest BCUT2D eigenvalue weighted by molar-refractivity contribution is 6.31. The van der Waals surface area contributed by atoms with E-state index in [1.165, 1.54) is 24.3 Å². The van der Waals surface area contributed by atoms with Crippen molar-refractivity contribution in [3.05, 3.63) is 100 Å². The molecule has 194 valence electrons. The largest absolute Gasteiger partial charge is 0.478 e. The predicted octanol–water partition coefficient (Wildman–Crippen LogP) is 3.75. The molecule has 1 spiro atoms. The van der Waals surface area contributed by atoms with Crippen molar-refractivity contribution in [2.24, 2.45) is 0 Å². The molecule has 0 aromatic heterocycles. The Bertz CT molecular complexity index is 1400. The lowest BCUT2D eigenvalue weighted by atomic mass is 9.89. The summed E-state index contributed by atoms with van der Waals surface area (Å²) >= 11 is 6.28. The molecule has 1 fully saturated rings. The van der Waals surface area contributed by atoms with Gasteiger partial charge in [-0.25, -0.2) is 14.5 Å². The number of rotatable bonds is 6. The number of fused-ring (bicyclic) bond motifs is 2. The molecule has 1 saturated heterocycles. The number of imide groups is 1. The van der Waals surface area contributed by atoms with Gasteiger partial charge in [0.15, 0.2) is 5.60 Å². The second kappa shape index (κ2) is 10.3. The number of halogens is 1. The zero-order valence-electron chi connectivity index (χ0n) is 20.1.